The Morgan fingerprint density at radius 3 is 2.88 bits per heavy atom. The first-order valence-corrected chi connectivity index (χ1v) is 8.60. The second-order valence-corrected chi connectivity index (χ2v) is 6.86. The van der Waals surface area contributed by atoms with Crippen molar-refractivity contribution >= 4 is 23.2 Å². The van der Waals surface area contributed by atoms with Crippen LogP contribution in [-0.2, 0) is 10.3 Å². The van der Waals surface area contributed by atoms with Gasteiger partial charge in [0.1, 0.15) is 5.54 Å². The topological polar surface area (TPSA) is 82.5 Å². The number of hydrogen-bond acceptors (Lipinski definition) is 5. The highest BCUT2D eigenvalue weighted by Crippen LogP contribution is 2.39. The molecule has 0 radical (unpaired) electrons. The fourth-order valence-corrected chi connectivity index (χ4v) is 3.91. The van der Waals surface area contributed by atoms with Crippen LogP contribution in [0.15, 0.2) is 40.7 Å². The number of carbonyl (C=O) groups is 1. The number of guanidine groups is 1. The van der Waals surface area contributed by atoms with Crippen molar-refractivity contribution in [2.45, 2.75) is 25.8 Å². The van der Waals surface area contributed by atoms with Gasteiger partial charge in [-0.15, -0.1) is 11.3 Å². The van der Waals surface area contributed by atoms with Crippen LogP contribution in [0.1, 0.15) is 30.7 Å². The highest BCUT2D eigenvalue weighted by atomic mass is 32.1. The summed E-state index contributed by atoms with van der Waals surface area (Å²) in [5, 5.41) is 11.1. The number of benzene rings is 1. The molecule has 0 fully saturated rings. The minimum absolute atomic E-state index is 0.00562. The van der Waals surface area contributed by atoms with Crippen molar-refractivity contribution in [2.24, 2.45) is 10.7 Å². The Bertz CT molecular complexity index is 864. The molecule has 122 valence electrons. The summed E-state index contributed by atoms with van der Waals surface area (Å²) in [7, 11) is 0. The average Bonchev–Trinajstić information content (AvgIpc) is 3.05. The number of nitrogens with two attached hydrogens (primary N) is 1. The number of nitriles is 1. The van der Waals surface area contributed by atoms with Crippen molar-refractivity contribution in [1.82, 2.24) is 4.90 Å². The molecule has 0 spiro atoms. The van der Waals surface area contributed by atoms with Crippen LogP contribution in [0, 0.1) is 11.3 Å². The molecule has 2 N–H and O–H groups in total. The zero-order chi connectivity index (χ0) is 17.3. The second-order valence-electron chi connectivity index (χ2n) is 5.95. The summed E-state index contributed by atoms with van der Waals surface area (Å²) in [4.78, 5) is 19.4. The Morgan fingerprint density at radius 1 is 1.42 bits per heavy atom. The minimum atomic E-state index is -0.636. The Labute approximate surface area is 145 Å². The standard InChI is InChI=1S/C18H18N4OS/c1-3-22-16(23)9-18(2,21-17(22)20)15-8-14(11-24-15)13-6-4-5-12(7-13)10-19/h4-8,11H,3,9H2,1-2H3,(H2,20,21). The number of nitrogens with zero attached hydrogens (tertiary/aromatic N) is 3. The highest BCUT2D eigenvalue weighted by Gasteiger charge is 2.38. The molecule has 0 aliphatic carbocycles. The van der Waals surface area contributed by atoms with E-state index in [4.69, 9.17) is 11.0 Å². The number of hydrogen-bond donors (Lipinski definition) is 1. The predicted molar refractivity (Wildman–Crippen MR) is 95.4 cm³/mol. The molecule has 5 nitrogen and oxygen atoms in total. The van der Waals surface area contributed by atoms with Crippen molar-refractivity contribution in [3.8, 4) is 17.2 Å². The summed E-state index contributed by atoms with van der Waals surface area (Å²) in [5.74, 6) is 0.270. The minimum Gasteiger partial charge on any atom is -0.369 e. The molecule has 24 heavy (non-hydrogen) atoms. The van der Waals surface area contributed by atoms with Gasteiger partial charge >= 0.3 is 0 Å². The number of rotatable bonds is 3. The third kappa shape index (κ3) is 2.79. The van der Waals surface area contributed by atoms with E-state index in [1.807, 2.05) is 43.5 Å². The van der Waals surface area contributed by atoms with E-state index in [2.05, 4.69) is 11.1 Å². The number of thiophene rings is 1. The third-order valence-electron chi connectivity index (χ3n) is 4.21. The van der Waals surface area contributed by atoms with Gasteiger partial charge in [0.05, 0.1) is 18.1 Å². The number of aliphatic imine (C=N–C) groups is 1. The van der Waals surface area contributed by atoms with E-state index >= 15 is 0 Å². The molecule has 1 atom stereocenters. The van der Waals surface area contributed by atoms with Crippen LogP contribution in [0.4, 0.5) is 0 Å². The van der Waals surface area contributed by atoms with Gasteiger partial charge in [0, 0.05) is 11.4 Å². The summed E-state index contributed by atoms with van der Waals surface area (Å²) in [6, 6.07) is 11.7. The van der Waals surface area contributed by atoms with E-state index in [0.717, 1.165) is 16.0 Å². The SMILES string of the molecule is CCN1C(=O)CC(C)(c2cc(-c3cccc(C#N)c3)cs2)N=C1N. The maximum atomic E-state index is 12.3. The normalized spacial score (nSPS) is 20.6. The lowest BCUT2D eigenvalue weighted by atomic mass is 9.93. The lowest BCUT2D eigenvalue weighted by Crippen LogP contribution is -2.49. The molecule has 2 aromatic rings. The Balaban J connectivity index is 1.97. The van der Waals surface area contributed by atoms with E-state index < -0.39 is 5.54 Å². The van der Waals surface area contributed by atoms with Crippen LogP contribution < -0.4 is 5.73 Å². The summed E-state index contributed by atoms with van der Waals surface area (Å²) in [5.41, 5.74) is 7.96. The second kappa shape index (κ2) is 6.10. The first-order chi connectivity index (χ1) is 11.5. The van der Waals surface area contributed by atoms with Gasteiger partial charge in [-0.25, -0.2) is 4.99 Å². The zero-order valence-corrected chi connectivity index (χ0v) is 14.4. The van der Waals surface area contributed by atoms with Crippen molar-refractivity contribution < 1.29 is 4.79 Å². The Kier molecular flexibility index (Phi) is 4.12. The Morgan fingerprint density at radius 2 is 2.21 bits per heavy atom. The van der Waals surface area contributed by atoms with Crippen LogP contribution in [0.5, 0.6) is 0 Å². The van der Waals surface area contributed by atoms with E-state index in [-0.39, 0.29) is 11.9 Å². The van der Waals surface area contributed by atoms with Gasteiger partial charge in [0.25, 0.3) is 0 Å². The molecular formula is C18H18N4OS. The van der Waals surface area contributed by atoms with E-state index in [1.165, 1.54) is 4.90 Å². The molecular weight excluding hydrogens is 320 g/mol. The molecule has 1 aromatic carbocycles. The first-order valence-electron chi connectivity index (χ1n) is 7.72. The smallest absolute Gasteiger partial charge is 0.232 e. The van der Waals surface area contributed by atoms with Gasteiger partial charge in [0.2, 0.25) is 5.91 Å². The summed E-state index contributed by atoms with van der Waals surface area (Å²) < 4.78 is 0. The lowest BCUT2D eigenvalue weighted by Gasteiger charge is -2.33. The zero-order valence-electron chi connectivity index (χ0n) is 13.6. The van der Waals surface area contributed by atoms with Crippen LogP contribution in [0.3, 0.4) is 0 Å². The van der Waals surface area contributed by atoms with Crippen LogP contribution >= 0.6 is 11.3 Å². The van der Waals surface area contributed by atoms with Crippen molar-refractivity contribution in [1.29, 1.82) is 5.26 Å². The third-order valence-corrected chi connectivity index (χ3v) is 5.39. The van der Waals surface area contributed by atoms with Gasteiger partial charge < -0.3 is 5.73 Å². The molecule has 0 saturated heterocycles. The van der Waals surface area contributed by atoms with Crippen LogP contribution in [0.25, 0.3) is 11.1 Å². The average molecular weight is 338 g/mol. The quantitative estimate of drug-likeness (QED) is 0.933. The highest BCUT2D eigenvalue weighted by molar-refractivity contribution is 7.10. The summed E-state index contributed by atoms with van der Waals surface area (Å²) in [6.07, 6.45) is 0.305. The molecule has 1 unspecified atom stereocenters. The van der Waals surface area contributed by atoms with E-state index in [0.29, 0.717) is 18.5 Å². The fourth-order valence-electron chi connectivity index (χ4n) is 2.89. The molecule has 1 amide bonds. The number of carbonyl (C=O) groups excluding carboxylic acids is 1. The lowest BCUT2D eigenvalue weighted by molar-refractivity contribution is -0.129. The van der Waals surface area contributed by atoms with Gasteiger partial charge in [-0.1, -0.05) is 12.1 Å². The largest absolute Gasteiger partial charge is 0.369 e. The van der Waals surface area contributed by atoms with Crippen molar-refractivity contribution in [2.75, 3.05) is 6.54 Å². The molecule has 1 aromatic heterocycles. The molecule has 1 aliphatic rings. The Hall–Kier alpha value is -2.65. The van der Waals surface area contributed by atoms with E-state index in [1.54, 1.807) is 17.4 Å². The van der Waals surface area contributed by atoms with Crippen LogP contribution in [-0.4, -0.2) is 23.3 Å². The van der Waals surface area contributed by atoms with Gasteiger partial charge in [-0.2, -0.15) is 5.26 Å². The first kappa shape index (κ1) is 16.2. The molecule has 0 saturated carbocycles. The van der Waals surface area contributed by atoms with E-state index in [9.17, 15) is 4.79 Å². The van der Waals surface area contributed by atoms with Gasteiger partial charge in [-0.3, -0.25) is 9.69 Å². The molecule has 3 rings (SSSR count). The maximum Gasteiger partial charge on any atom is 0.232 e. The van der Waals surface area contributed by atoms with Crippen molar-refractivity contribution in [3.05, 3.63) is 46.2 Å². The predicted octanol–water partition coefficient (Wildman–Crippen LogP) is 3.07. The van der Waals surface area contributed by atoms with Crippen LogP contribution in [0.2, 0.25) is 0 Å². The summed E-state index contributed by atoms with van der Waals surface area (Å²) in [6.45, 7) is 4.35. The van der Waals surface area contributed by atoms with Gasteiger partial charge in [0.15, 0.2) is 5.96 Å². The van der Waals surface area contributed by atoms with Crippen molar-refractivity contribution in [3.63, 3.8) is 0 Å². The maximum absolute atomic E-state index is 12.3. The molecule has 1 aliphatic heterocycles. The number of amides is 1. The summed E-state index contributed by atoms with van der Waals surface area (Å²) >= 11 is 1.56. The fraction of sp³-hybridized carbons (Fsp3) is 0.278. The van der Waals surface area contributed by atoms with Gasteiger partial charge in [-0.05, 0) is 48.6 Å². The molecule has 6 heteroatoms. The molecule has 2 heterocycles. The molecule has 0 bridgehead atoms. The monoisotopic (exact) mass is 338 g/mol.